The fourth-order valence-electron chi connectivity index (χ4n) is 1.61. The minimum Gasteiger partial charge on any atom is -0.616 e. The van der Waals surface area contributed by atoms with Gasteiger partial charge in [0.15, 0.2) is 6.20 Å². The first-order chi connectivity index (χ1) is 7.24. The maximum Gasteiger partial charge on any atom is 0.381 e. The molecule has 0 atom stereocenters. The van der Waals surface area contributed by atoms with Crippen LogP contribution < -0.4 is 4.73 Å². The van der Waals surface area contributed by atoms with E-state index in [2.05, 4.69) is 0 Å². The summed E-state index contributed by atoms with van der Waals surface area (Å²) >= 11 is 0. The minimum absolute atomic E-state index is 0.0371. The number of hydrogen-bond donors (Lipinski definition) is 1. The second kappa shape index (κ2) is 3.57. The Morgan fingerprint density at radius 3 is 2.87 bits per heavy atom. The molecule has 0 saturated heterocycles. The van der Waals surface area contributed by atoms with E-state index in [0.717, 1.165) is 5.39 Å². The number of hydrogen-bond acceptors (Lipinski definition) is 3. The number of rotatable bonds is 2. The first-order valence-electron chi connectivity index (χ1n) is 4.50. The number of pyridine rings is 1. The van der Waals surface area contributed by atoms with Crippen molar-refractivity contribution in [1.82, 2.24) is 0 Å². The van der Waals surface area contributed by atoms with Crippen molar-refractivity contribution in [3.63, 3.8) is 0 Å². The van der Waals surface area contributed by atoms with Crippen LogP contribution in [-0.2, 0) is 11.2 Å². The molecule has 15 heavy (non-hydrogen) atoms. The summed E-state index contributed by atoms with van der Waals surface area (Å²) in [6.07, 6.45) is 2.00. The van der Waals surface area contributed by atoms with Gasteiger partial charge in [-0.3, -0.25) is 0 Å². The Bertz CT molecular complexity index is 522. The highest BCUT2D eigenvalue weighted by molar-refractivity contribution is 5.87. The fourth-order valence-corrected chi connectivity index (χ4v) is 1.61. The average Bonchev–Trinajstić information content (AvgIpc) is 2.25. The summed E-state index contributed by atoms with van der Waals surface area (Å²) in [5.74, 6) is -0.402. The quantitative estimate of drug-likeness (QED) is 0.448. The number of carbonyl (C=O) groups excluding carboxylic acids is 1. The predicted molar refractivity (Wildman–Crippen MR) is 54.3 cm³/mol. The zero-order valence-corrected chi connectivity index (χ0v) is 7.88. The van der Waals surface area contributed by atoms with Crippen molar-refractivity contribution >= 4 is 17.1 Å². The summed E-state index contributed by atoms with van der Waals surface area (Å²) in [5, 5.41) is 22.2. The smallest absolute Gasteiger partial charge is 0.381 e. The van der Waals surface area contributed by atoms with Crippen molar-refractivity contribution in [2.24, 2.45) is 0 Å². The van der Waals surface area contributed by atoms with Crippen LogP contribution in [0.4, 0.5) is 0 Å². The van der Waals surface area contributed by atoms with Gasteiger partial charge in [-0.1, -0.05) is 18.2 Å². The van der Waals surface area contributed by atoms with Gasteiger partial charge in [-0.25, -0.2) is 0 Å². The molecule has 0 aliphatic rings. The predicted octanol–water partition coefficient (Wildman–Crippen LogP) is 0.920. The third-order valence-corrected chi connectivity index (χ3v) is 2.31. The summed E-state index contributed by atoms with van der Waals surface area (Å²) in [6.45, 7) is 0. The summed E-state index contributed by atoms with van der Waals surface area (Å²) in [7, 11) is 0. The molecule has 1 aromatic carbocycles. The van der Waals surface area contributed by atoms with Gasteiger partial charge in [-0.2, -0.15) is 0 Å². The normalized spacial score (nSPS) is 10.4. The maximum atomic E-state index is 11.3. The number of fused-ring (bicyclic) bond motifs is 1. The monoisotopic (exact) mass is 203 g/mol. The Hall–Kier alpha value is -2.10. The summed E-state index contributed by atoms with van der Waals surface area (Å²) in [5.41, 5.74) is 0.373. The summed E-state index contributed by atoms with van der Waals surface area (Å²) in [6, 6.07) is 7.13. The molecule has 0 saturated carbocycles. The highest BCUT2D eigenvalue weighted by Gasteiger charge is 2.15. The molecule has 4 nitrogen and oxygen atoms in total. The lowest BCUT2D eigenvalue weighted by molar-refractivity contribution is -0.612. The molecule has 0 amide bonds. The lowest BCUT2D eigenvalue weighted by Gasteiger charge is -2.06. The molecular weight excluding hydrogens is 194 g/mol. The van der Waals surface area contributed by atoms with Crippen LogP contribution in [0.15, 0.2) is 30.5 Å². The SMILES string of the molecule is O=CCc1c(O)[n+]([O-])cc2ccccc12. The Kier molecular flexibility index (Phi) is 2.25. The molecule has 1 heterocycles. The van der Waals surface area contributed by atoms with Crippen molar-refractivity contribution in [2.75, 3.05) is 0 Å². The zero-order chi connectivity index (χ0) is 10.8. The number of aromatic hydroxyl groups is 1. The molecule has 0 aliphatic carbocycles. The maximum absolute atomic E-state index is 11.3. The molecule has 0 aliphatic heterocycles. The van der Waals surface area contributed by atoms with Crippen LogP contribution in [0.2, 0.25) is 0 Å². The van der Waals surface area contributed by atoms with E-state index in [1.807, 2.05) is 0 Å². The second-order valence-corrected chi connectivity index (χ2v) is 3.22. The van der Waals surface area contributed by atoms with Crippen molar-refractivity contribution in [3.8, 4) is 5.88 Å². The third-order valence-electron chi connectivity index (χ3n) is 2.31. The zero-order valence-electron chi connectivity index (χ0n) is 7.88. The second-order valence-electron chi connectivity index (χ2n) is 3.22. The van der Waals surface area contributed by atoms with E-state index in [1.165, 1.54) is 6.20 Å². The number of benzene rings is 1. The molecule has 0 spiro atoms. The number of nitrogens with zero attached hydrogens (tertiary/aromatic N) is 1. The topological polar surface area (TPSA) is 64.2 Å². The van der Waals surface area contributed by atoms with Crippen molar-refractivity contribution in [2.45, 2.75) is 6.42 Å². The van der Waals surface area contributed by atoms with E-state index in [0.29, 0.717) is 22.0 Å². The van der Waals surface area contributed by atoms with Crippen LogP contribution in [0.5, 0.6) is 5.88 Å². The van der Waals surface area contributed by atoms with E-state index in [-0.39, 0.29) is 6.42 Å². The van der Waals surface area contributed by atoms with Crippen molar-refractivity contribution in [3.05, 3.63) is 41.2 Å². The van der Waals surface area contributed by atoms with E-state index in [9.17, 15) is 15.1 Å². The molecule has 0 radical (unpaired) electrons. The van der Waals surface area contributed by atoms with Gasteiger partial charge in [0.2, 0.25) is 0 Å². The molecule has 2 rings (SSSR count). The van der Waals surface area contributed by atoms with Gasteiger partial charge in [-0.15, -0.1) is 4.73 Å². The van der Waals surface area contributed by atoms with Gasteiger partial charge in [0, 0.05) is 17.2 Å². The van der Waals surface area contributed by atoms with E-state index >= 15 is 0 Å². The highest BCUT2D eigenvalue weighted by atomic mass is 16.5. The molecule has 1 aromatic heterocycles. The van der Waals surface area contributed by atoms with Crippen LogP contribution in [-0.4, -0.2) is 11.4 Å². The molecule has 0 fully saturated rings. The van der Waals surface area contributed by atoms with Crippen molar-refractivity contribution in [1.29, 1.82) is 0 Å². The van der Waals surface area contributed by atoms with Gasteiger partial charge in [-0.05, 0) is 6.07 Å². The van der Waals surface area contributed by atoms with Gasteiger partial charge < -0.3 is 15.1 Å². The van der Waals surface area contributed by atoms with Crippen molar-refractivity contribution < 1.29 is 14.6 Å². The Labute approximate surface area is 86.0 Å². The molecule has 0 bridgehead atoms. The number of carbonyl (C=O) groups is 1. The molecule has 1 N–H and O–H groups in total. The molecule has 76 valence electrons. The largest absolute Gasteiger partial charge is 0.616 e. The Morgan fingerprint density at radius 2 is 2.13 bits per heavy atom. The van der Waals surface area contributed by atoms with E-state index in [1.54, 1.807) is 24.3 Å². The molecule has 4 heteroatoms. The molecular formula is C11H9NO3. The lowest BCUT2D eigenvalue weighted by Crippen LogP contribution is -2.26. The molecule has 2 aromatic rings. The van der Waals surface area contributed by atoms with Gasteiger partial charge in [0.1, 0.15) is 6.29 Å². The van der Waals surface area contributed by atoms with Gasteiger partial charge >= 0.3 is 5.88 Å². The van der Waals surface area contributed by atoms with Gasteiger partial charge in [0.05, 0.1) is 5.56 Å². The highest BCUT2D eigenvalue weighted by Crippen LogP contribution is 2.23. The Balaban J connectivity index is 2.82. The summed E-state index contributed by atoms with van der Waals surface area (Å²) < 4.78 is 0.376. The summed E-state index contributed by atoms with van der Waals surface area (Å²) in [4.78, 5) is 10.5. The third kappa shape index (κ3) is 1.50. The fraction of sp³-hybridized carbons (Fsp3) is 0.0909. The number of aldehydes is 1. The first-order valence-corrected chi connectivity index (χ1v) is 4.50. The van der Waals surface area contributed by atoms with Crippen LogP contribution in [0, 0.1) is 5.21 Å². The van der Waals surface area contributed by atoms with Crippen LogP contribution in [0.25, 0.3) is 10.8 Å². The first kappa shape index (κ1) is 9.45. The molecule has 0 unspecified atom stereocenters. The van der Waals surface area contributed by atoms with Crippen LogP contribution in [0.3, 0.4) is 0 Å². The van der Waals surface area contributed by atoms with Crippen LogP contribution in [0.1, 0.15) is 5.56 Å². The minimum atomic E-state index is -0.402. The lowest BCUT2D eigenvalue weighted by atomic mass is 10.1. The average molecular weight is 203 g/mol. The van der Waals surface area contributed by atoms with Crippen LogP contribution >= 0.6 is 0 Å². The standard InChI is InChI=1S/C11H9NO3/c13-6-5-10-9-4-2-1-3-8(9)7-12(15)11(10)14/h1-4,6-7,14H,5H2. The number of aromatic nitrogens is 1. The Morgan fingerprint density at radius 1 is 1.40 bits per heavy atom. The van der Waals surface area contributed by atoms with Gasteiger partial charge in [0.25, 0.3) is 0 Å². The van der Waals surface area contributed by atoms with E-state index in [4.69, 9.17) is 0 Å². The van der Waals surface area contributed by atoms with E-state index < -0.39 is 5.88 Å².